The number of nitrogens with zero attached hydrogens (tertiary/aromatic N) is 2. The molecule has 0 unspecified atom stereocenters. The van der Waals surface area contributed by atoms with Crippen LogP contribution in [0.25, 0.3) is 0 Å². The number of alkyl carbamates (subject to hydrolysis) is 1. The molecule has 1 saturated heterocycles. The largest absolute Gasteiger partial charge is 0.444 e. The number of anilines is 1. The zero-order valence-corrected chi connectivity index (χ0v) is 16.6. The molecule has 9 heteroatoms. The molecule has 0 aromatic heterocycles. The molecule has 0 radical (unpaired) electrons. The van der Waals surface area contributed by atoms with Crippen LogP contribution in [0.1, 0.15) is 20.8 Å². The van der Waals surface area contributed by atoms with Crippen molar-refractivity contribution in [2.75, 3.05) is 37.6 Å². The van der Waals surface area contributed by atoms with Crippen LogP contribution in [0.15, 0.2) is 35.7 Å². The predicted octanol–water partition coefficient (Wildman–Crippen LogP) is 2.32. The van der Waals surface area contributed by atoms with Gasteiger partial charge in [0.25, 0.3) is 0 Å². The lowest BCUT2D eigenvalue weighted by atomic mass is 10.2. The highest BCUT2D eigenvalue weighted by molar-refractivity contribution is 7.92. The summed E-state index contributed by atoms with van der Waals surface area (Å²) in [6.45, 7) is 7.02. The van der Waals surface area contributed by atoms with Gasteiger partial charge in [0.1, 0.15) is 11.4 Å². The molecule has 1 aliphatic rings. The van der Waals surface area contributed by atoms with Gasteiger partial charge in [-0.2, -0.15) is 4.31 Å². The fourth-order valence-electron chi connectivity index (χ4n) is 2.56. The Morgan fingerprint density at radius 3 is 2.33 bits per heavy atom. The van der Waals surface area contributed by atoms with E-state index in [1.807, 2.05) is 4.90 Å². The van der Waals surface area contributed by atoms with E-state index in [9.17, 15) is 17.6 Å². The van der Waals surface area contributed by atoms with E-state index in [2.05, 4.69) is 5.32 Å². The van der Waals surface area contributed by atoms with Crippen LogP contribution in [0.3, 0.4) is 0 Å². The molecule has 150 valence electrons. The molecule has 1 amide bonds. The maximum absolute atomic E-state index is 13.0. The van der Waals surface area contributed by atoms with E-state index in [-0.39, 0.29) is 12.4 Å². The standard InChI is InChI=1S/C18H26FN3O4S/c1-18(2,3)26-17(23)20-9-4-14-27(24,25)22-12-10-21(11-13-22)16-7-5-15(19)6-8-16/h4-8,14H,9-13H2,1-3H3,(H,20,23)/b14-4+. The van der Waals surface area contributed by atoms with Crippen molar-refractivity contribution in [3.8, 4) is 0 Å². The monoisotopic (exact) mass is 399 g/mol. The van der Waals surface area contributed by atoms with Crippen molar-refractivity contribution in [2.24, 2.45) is 0 Å². The number of halogens is 1. The Kier molecular flexibility index (Phi) is 6.83. The predicted molar refractivity (Wildman–Crippen MR) is 102 cm³/mol. The van der Waals surface area contributed by atoms with Gasteiger partial charge in [-0.05, 0) is 45.0 Å². The Bertz CT molecular complexity index is 765. The molecule has 7 nitrogen and oxygen atoms in total. The molecule has 1 aromatic rings. The van der Waals surface area contributed by atoms with Gasteiger partial charge in [-0.3, -0.25) is 0 Å². The van der Waals surface area contributed by atoms with Crippen LogP contribution in [0, 0.1) is 5.82 Å². The zero-order valence-electron chi connectivity index (χ0n) is 15.8. The average Bonchev–Trinajstić information content (AvgIpc) is 2.58. The number of ether oxygens (including phenoxy) is 1. The minimum Gasteiger partial charge on any atom is -0.444 e. The second kappa shape index (κ2) is 8.71. The quantitative estimate of drug-likeness (QED) is 0.822. The number of nitrogens with one attached hydrogen (secondary N) is 1. The maximum atomic E-state index is 13.0. The van der Waals surface area contributed by atoms with Gasteiger partial charge in [0.2, 0.25) is 10.0 Å². The van der Waals surface area contributed by atoms with Crippen LogP contribution in [-0.4, -0.2) is 57.1 Å². The van der Waals surface area contributed by atoms with E-state index in [1.165, 1.54) is 22.5 Å². The van der Waals surface area contributed by atoms with Crippen molar-refractivity contribution in [3.63, 3.8) is 0 Å². The fraction of sp³-hybridized carbons (Fsp3) is 0.500. The summed E-state index contributed by atoms with van der Waals surface area (Å²) in [5.41, 5.74) is 0.259. The Hall–Kier alpha value is -2.13. The minimum absolute atomic E-state index is 0.0592. The van der Waals surface area contributed by atoms with Gasteiger partial charge in [-0.15, -0.1) is 0 Å². The molecule has 1 fully saturated rings. The third kappa shape index (κ3) is 6.84. The summed E-state index contributed by atoms with van der Waals surface area (Å²) >= 11 is 0. The smallest absolute Gasteiger partial charge is 0.407 e. The van der Waals surface area contributed by atoms with Gasteiger partial charge >= 0.3 is 6.09 Å². The summed E-state index contributed by atoms with van der Waals surface area (Å²) in [6.07, 6.45) is 0.781. The average molecular weight is 399 g/mol. The highest BCUT2D eigenvalue weighted by Crippen LogP contribution is 2.18. The van der Waals surface area contributed by atoms with Gasteiger partial charge in [0, 0.05) is 43.8 Å². The highest BCUT2D eigenvalue weighted by Gasteiger charge is 2.25. The normalized spacial score (nSPS) is 16.5. The second-order valence-electron chi connectivity index (χ2n) is 7.16. The molecule has 1 heterocycles. The number of benzene rings is 1. The lowest BCUT2D eigenvalue weighted by molar-refractivity contribution is 0.0534. The Labute approximate surface area is 159 Å². The first-order valence-corrected chi connectivity index (χ1v) is 10.2. The second-order valence-corrected chi connectivity index (χ2v) is 8.98. The van der Waals surface area contributed by atoms with E-state index in [4.69, 9.17) is 4.74 Å². The first-order chi connectivity index (χ1) is 12.6. The number of amides is 1. The SMILES string of the molecule is CC(C)(C)OC(=O)NC/C=C/S(=O)(=O)N1CCN(c2ccc(F)cc2)CC1. The first kappa shape index (κ1) is 21.2. The molecule has 1 aromatic carbocycles. The lowest BCUT2D eigenvalue weighted by Gasteiger charge is -2.34. The van der Waals surface area contributed by atoms with Crippen molar-refractivity contribution in [1.29, 1.82) is 0 Å². The van der Waals surface area contributed by atoms with Crippen LogP contribution in [-0.2, 0) is 14.8 Å². The van der Waals surface area contributed by atoms with Crippen molar-refractivity contribution < 1.29 is 22.3 Å². The molecule has 0 aliphatic carbocycles. The molecule has 27 heavy (non-hydrogen) atoms. The molecule has 0 spiro atoms. The number of hydrogen-bond acceptors (Lipinski definition) is 5. The van der Waals surface area contributed by atoms with Crippen molar-refractivity contribution in [2.45, 2.75) is 26.4 Å². The van der Waals surface area contributed by atoms with Crippen molar-refractivity contribution in [1.82, 2.24) is 9.62 Å². The molecule has 1 aliphatic heterocycles. The Morgan fingerprint density at radius 2 is 1.78 bits per heavy atom. The summed E-state index contributed by atoms with van der Waals surface area (Å²) in [6, 6.07) is 6.14. The topological polar surface area (TPSA) is 78.9 Å². The lowest BCUT2D eigenvalue weighted by Crippen LogP contribution is -2.48. The molecule has 0 bridgehead atoms. The third-order valence-electron chi connectivity index (χ3n) is 3.82. The number of piperazine rings is 1. The van der Waals surface area contributed by atoms with Crippen molar-refractivity contribution >= 4 is 21.8 Å². The first-order valence-electron chi connectivity index (χ1n) is 8.71. The number of carbonyl (C=O) groups excluding carboxylic acids is 1. The molecule has 2 rings (SSSR count). The maximum Gasteiger partial charge on any atom is 0.407 e. The van der Waals surface area contributed by atoms with Gasteiger partial charge in [0.15, 0.2) is 0 Å². The number of sulfonamides is 1. The summed E-state index contributed by atoms with van der Waals surface area (Å²) in [5.74, 6) is -0.301. The van der Waals surface area contributed by atoms with E-state index in [0.717, 1.165) is 11.1 Å². The number of rotatable bonds is 5. The molecular weight excluding hydrogens is 373 g/mol. The molecule has 0 saturated carbocycles. The summed E-state index contributed by atoms with van der Waals surface area (Å²) in [7, 11) is -3.55. The van der Waals surface area contributed by atoms with E-state index in [1.54, 1.807) is 32.9 Å². The summed E-state index contributed by atoms with van der Waals surface area (Å²) in [5, 5.41) is 3.57. The van der Waals surface area contributed by atoms with Crippen molar-refractivity contribution in [3.05, 3.63) is 41.6 Å². The summed E-state index contributed by atoms with van der Waals surface area (Å²) < 4.78 is 44.2. The zero-order chi connectivity index (χ0) is 20.1. The summed E-state index contributed by atoms with van der Waals surface area (Å²) in [4.78, 5) is 13.5. The van der Waals surface area contributed by atoms with Gasteiger partial charge in [-0.1, -0.05) is 6.08 Å². The molecular formula is C18H26FN3O4S. The van der Waals surface area contributed by atoms with Crippen LogP contribution in [0.5, 0.6) is 0 Å². The van der Waals surface area contributed by atoms with Crippen LogP contribution in [0.2, 0.25) is 0 Å². The fourth-order valence-corrected chi connectivity index (χ4v) is 3.75. The highest BCUT2D eigenvalue weighted by atomic mass is 32.2. The molecule has 1 N–H and O–H groups in total. The van der Waals surface area contributed by atoms with E-state index in [0.29, 0.717) is 26.2 Å². The van der Waals surface area contributed by atoms with Gasteiger partial charge < -0.3 is 15.0 Å². The van der Waals surface area contributed by atoms with Crippen LogP contribution >= 0.6 is 0 Å². The number of carbonyl (C=O) groups is 1. The van der Waals surface area contributed by atoms with Gasteiger partial charge in [0.05, 0.1) is 0 Å². The Balaban J connectivity index is 1.82. The van der Waals surface area contributed by atoms with E-state index < -0.39 is 21.7 Å². The third-order valence-corrected chi connectivity index (χ3v) is 5.44. The van der Waals surface area contributed by atoms with Gasteiger partial charge in [-0.25, -0.2) is 17.6 Å². The van der Waals surface area contributed by atoms with Crippen LogP contribution < -0.4 is 10.2 Å². The Morgan fingerprint density at radius 1 is 1.19 bits per heavy atom. The number of hydrogen-bond donors (Lipinski definition) is 1. The van der Waals surface area contributed by atoms with E-state index >= 15 is 0 Å². The van der Waals surface area contributed by atoms with Crippen LogP contribution in [0.4, 0.5) is 14.9 Å². The molecule has 0 atom stereocenters. The minimum atomic E-state index is -3.55.